The third-order valence-corrected chi connectivity index (χ3v) is 6.22. The summed E-state index contributed by atoms with van der Waals surface area (Å²) >= 11 is 5.81. The first-order chi connectivity index (χ1) is 15.6. The van der Waals surface area contributed by atoms with E-state index in [0.717, 1.165) is 22.9 Å². The zero-order valence-corrected chi connectivity index (χ0v) is 18.8. The van der Waals surface area contributed by atoms with Crippen LogP contribution in [0.3, 0.4) is 0 Å². The van der Waals surface area contributed by atoms with E-state index in [2.05, 4.69) is 58.0 Å². The monoisotopic (exact) mass is 440 g/mol. The molecule has 2 aromatic carbocycles. The topological polar surface area (TPSA) is 42.3 Å². The van der Waals surface area contributed by atoms with Gasteiger partial charge in [-0.05, 0) is 79.8 Å². The Hall–Kier alpha value is -3.64. The van der Waals surface area contributed by atoms with Crippen LogP contribution in [0.15, 0.2) is 91.1 Å². The molecule has 0 aliphatic carbocycles. The third kappa shape index (κ3) is 3.74. The third-order valence-electron chi connectivity index (χ3n) is 5.91. The summed E-state index contributed by atoms with van der Waals surface area (Å²) in [6.07, 6.45) is 1.83. The van der Waals surface area contributed by atoms with Gasteiger partial charge in [0.15, 0.2) is 5.11 Å². The van der Waals surface area contributed by atoms with Crippen molar-refractivity contribution in [2.24, 2.45) is 7.05 Å². The lowest BCUT2D eigenvalue weighted by Gasteiger charge is -2.28. The normalized spacial score (nSPS) is 17.9. The molecule has 5 nitrogen and oxygen atoms in total. The predicted octanol–water partition coefficient (Wildman–Crippen LogP) is 5.70. The summed E-state index contributed by atoms with van der Waals surface area (Å²) in [7, 11) is 2.09. The van der Waals surface area contributed by atoms with Crippen molar-refractivity contribution >= 4 is 23.0 Å². The van der Waals surface area contributed by atoms with Crippen LogP contribution in [0, 0.1) is 6.92 Å². The van der Waals surface area contributed by atoms with Gasteiger partial charge < -0.3 is 19.5 Å². The van der Waals surface area contributed by atoms with Crippen molar-refractivity contribution < 1.29 is 4.74 Å². The highest BCUT2D eigenvalue weighted by Gasteiger charge is 2.41. The lowest BCUT2D eigenvalue weighted by molar-refractivity contribution is 0.482. The number of aromatic nitrogens is 2. The summed E-state index contributed by atoms with van der Waals surface area (Å²) in [6.45, 7) is 2.11. The Kier molecular flexibility index (Phi) is 5.37. The SMILES string of the molecule is Cc1ccc([C@@H]2[C@H](c3ccccn3)NC(=S)N2c2ccc(Oc3ccccc3)cc2)n1C. The van der Waals surface area contributed by atoms with Crippen molar-refractivity contribution in [1.29, 1.82) is 0 Å². The Morgan fingerprint density at radius 2 is 1.59 bits per heavy atom. The minimum atomic E-state index is -0.0584. The van der Waals surface area contributed by atoms with E-state index in [1.807, 2.05) is 66.9 Å². The molecule has 1 N–H and O–H groups in total. The minimum Gasteiger partial charge on any atom is -0.457 e. The fraction of sp³-hybridized carbons (Fsp3) is 0.154. The smallest absolute Gasteiger partial charge is 0.174 e. The average Bonchev–Trinajstić information content (AvgIpc) is 3.34. The molecular weight excluding hydrogens is 416 g/mol. The Balaban J connectivity index is 1.51. The number of benzene rings is 2. The van der Waals surface area contributed by atoms with E-state index in [0.29, 0.717) is 5.11 Å². The van der Waals surface area contributed by atoms with Gasteiger partial charge in [-0.25, -0.2) is 0 Å². The first-order valence-electron chi connectivity index (χ1n) is 10.6. The van der Waals surface area contributed by atoms with Crippen LogP contribution in [0.5, 0.6) is 11.5 Å². The summed E-state index contributed by atoms with van der Waals surface area (Å²) in [5.74, 6) is 1.59. The van der Waals surface area contributed by atoms with Gasteiger partial charge in [0.25, 0.3) is 0 Å². The highest BCUT2D eigenvalue weighted by Crippen LogP contribution is 2.42. The molecule has 0 unspecified atom stereocenters. The molecule has 1 aliphatic rings. The average molecular weight is 441 g/mol. The lowest BCUT2D eigenvalue weighted by Crippen LogP contribution is -2.30. The molecule has 0 bridgehead atoms. The molecule has 1 aliphatic heterocycles. The van der Waals surface area contributed by atoms with Gasteiger partial charge in [-0.2, -0.15) is 0 Å². The van der Waals surface area contributed by atoms with Crippen LogP contribution >= 0.6 is 12.2 Å². The van der Waals surface area contributed by atoms with E-state index in [1.165, 1.54) is 11.4 Å². The standard InChI is InChI=1S/C26H24N4OS/c1-18-11-16-23(29(18)2)25-24(22-10-6-7-17-27-22)28-26(32)30(25)19-12-14-21(15-13-19)31-20-8-4-3-5-9-20/h3-17,24-25H,1-2H3,(H,28,32)/t24-,25+/m0/s1. The maximum Gasteiger partial charge on any atom is 0.174 e. The summed E-state index contributed by atoms with van der Waals surface area (Å²) in [4.78, 5) is 6.79. The van der Waals surface area contributed by atoms with Gasteiger partial charge >= 0.3 is 0 Å². The van der Waals surface area contributed by atoms with Crippen LogP contribution in [0.4, 0.5) is 5.69 Å². The molecule has 4 aromatic rings. The molecular formula is C26H24N4OS. The minimum absolute atomic E-state index is 0.0306. The molecule has 2 aromatic heterocycles. The van der Waals surface area contributed by atoms with Crippen molar-refractivity contribution in [3.63, 3.8) is 0 Å². The number of nitrogens with zero attached hydrogens (tertiary/aromatic N) is 3. The summed E-state index contributed by atoms with van der Waals surface area (Å²) < 4.78 is 8.18. The number of hydrogen-bond acceptors (Lipinski definition) is 3. The summed E-state index contributed by atoms with van der Waals surface area (Å²) in [6, 6.07) is 28.1. The number of rotatable bonds is 5. The van der Waals surface area contributed by atoms with E-state index in [4.69, 9.17) is 17.0 Å². The quantitative estimate of drug-likeness (QED) is 0.403. The van der Waals surface area contributed by atoms with Crippen LogP contribution < -0.4 is 15.0 Å². The van der Waals surface area contributed by atoms with Gasteiger partial charge in [0, 0.05) is 30.3 Å². The molecule has 5 rings (SSSR count). The maximum absolute atomic E-state index is 5.97. The van der Waals surface area contributed by atoms with Crippen LogP contribution in [-0.4, -0.2) is 14.7 Å². The lowest BCUT2D eigenvalue weighted by atomic mass is 10.0. The van der Waals surface area contributed by atoms with Gasteiger partial charge in [0.2, 0.25) is 0 Å². The number of hydrogen-bond donors (Lipinski definition) is 1. The molecule has 2 atom stereocenters. The van der Waals surface area contributed by atoms with E-state index in [-0.39, 0.29) is 12.1 Å². The van der Waals surface area contributed by atoms with Crippen molar-refractivity contribution in [3.05, 3.63) is 108 Å². The molecule has 160 valence electrons. The van der Waals surface area contributed by atoms with E-state index in [1.54, 1.807) is 0 Å². The van der Waals surface area contributed by atoms with Crippen LogP contribution in [-0.2, 0) is 7.05 Å². The Morgan fingerprint density at radius 3 is 2.25 bits per heavy atom. The molecule has 1 fully saturated rings. The van der Waals surface area contributed by atoms with Crippen molar-refractivity contribution in [2.45, 2.75) is 19.0 Å². The van der Waals surface area contributed by atoms with Crippen molar-refractivity contribution in [2.75, 3.05) is 4.90 Å². The Bertz CT molecular complexity index is 1220. The van der Waals surface area contributed by atoms with Gasteiger partial charge in [-0.1, -0.05) is 24.3 Å². The maximum atomic E-state index is 5.97. The highest BCUT2D eigenvalue weighted by molar-refractivity contribution is 7.80. The fourth-order valence-corrected chi connectivity index (χ4v) is 4.51. The zero-order valence-electron chi connectivity index (χ0n) is 18.0. The second kappa shape index (κ2) is 8.48. The van der Waals surface area contributed by atoms with Gasteiger partial charge in [0.05, 0.1) is 11.7 Å². The number of anilines is 1. The van der Waals surface area contributed by atoms with E-state index < -0.39 is 0 Å². The van der Waals surface area contributed by atoms with E-state index >= 15 is 0 Å². The largest absolute Gasteiger partial charge is 0.457 e. The van der Waals surface area contributed by atoms with Gasteiger partial charge in [-0.3, -0.25) is 4.98 Å². The van der Waals surface area contributed by atoms with Crippen LogP contribution in [0.25, 0.3) is 0 Å². The molecule has 32 heavy (non-hydrogen) atoms. The van der Waals surface area contributed by atoms with E-state index in [9.17, 15) is 0 Å². The van der Waals surface area contributed by atoms with Gasteiger partial charge in [0.1, 0.15) is 17.5 Å². The molecule has 0 amide bonds. The fourth-order valence-electron chi connectivity index (χ4n) is 4.16. The highest BCUT2D eigenvalue weighted by atomic mass is 32.1. The molecule has 6 heteroatoms. The number of aryl methyl sites for hydroxylation is 1. The van der Waals surface area contributed by atoms with Crippen LogP contribution in [0.2, 0.25) is 0 Å². The molecule has 0 spiro atoms. The summed E-state index contributed by atoms with van der Waals surface area (Å²) in [5, 5.41) is 4.19. The summed E-state index contributed by atoms with van der Waals surface area (Å²) in [5.41, 5.74) is 4.34. The zero-order chi connectivity index (χ0) is 22.1. The number of ether oxygens (including phenoxy) is 1. The number of thiocarbonyl (C=S) groups is 1. The molecule has 1 saturated heterocycles. The molecule has 0 radical (unpaired) electrons. The van der Waals surface area contributed by atoms with Gasteiger partial charge in [-0.15, -0.1) is 0 Å². The second-order valence-corrected chi connectivity index (χ2v) is 8.25. The predicted molar refractivity (Wildman–Crippen MR) is 131 cm³/mol. The Morgan fingerprint density at radius 1 is 0.875 bits per heavy atom. The Labute approximate surface area is 193 Å². The first-order valence-corrected chi connectivity index (χ1v) is 11.0. The van der Waals surface area contributed by atoms with Crippen molar-refractivity contribution in [1.82, 2.24) is 14.9 Å². The molecule has 3 heterocycles. The first kappa shape index (κ1) is 20.3. The molecule has 0 saturated carbocycles. The number of para-hydroxylation sites is 1. The van der Waals surface area contributed by atoms with Crippen molar-refractivity contribution in [3.8, 4) is 11.5 Å². The number of pyridine rings is 1. The second-order valence-electron chi connectivity index (χ2n) is 7.86. The number of nitrogens with one attached hydrogen (secondary N) is 1. The van der Waals surface area contributed by atoms with Crippen LogP contribution in [0.1, 0.15) is 29.2 Å².